The molecule has 3 nitrogen and oxygen atoms in total. The maximum Gasteiger partial charge on any atom is 0.242 e. The minimum Gasteiger partial charge on any atom is -0.339 e. The van der Waals surface area contributed by atoms with Gasteiger partial charge < -0.3 is 10.6 Å². The van der Waals surface area contributed by atoms with Crippen LogP contribution >= 0.6 is 35.3 Å². The maximum absolute atomic E-state index is 12.3. The Hall–Kier alpha value is -0.290. The Kier molecular flexibility index (Phi) is 5.46. The van der Waals surface area contributed by atoms with Crippen LogP contribution in [0.1, 0.15) is 30.6 Å². The smallest absolute Gasteiger partial charge is 0.242 e. The fourth-order valence-corrected chi connectivity index (χ4v) is 3.48. The number of carbonyl (C=O) groups is 1. The molecule has 1 aliphatic carbocycles. The van der Waals surface area contributed by atoms with Gasteiger partial charge in [-0.05, 0) is 25.0 Å². The second-order valence-electron chi connectivity index (χ2n) is 4.73. The lowest BCUT2D eigenvalue weighted by atomic mass is 9.97. The van der Waals surface area contributed by atoms with Gasteiger partial charge in [0, 0.05) is 11.9 Å². The third kappa shape index (κ3) is 3.38. The molecule has 0 unspecified atom stereocenters. The number of halogens is 2. The molecule has 1 aromatic heterocycles. The molecule has 1 aromatic rings. The highest BCUT2D eigenvalue weighted by Crippen LogP contribution is 2.30. The van der Waals surface area contributed by atoms with Gasteiger partial charge in [-0.2, -0.15) is 0 Å². The van der Waals surface area contributed by atoms with Gasteiger partial charge in [0.15, 0.2) is 0 Å². The van der Waals surface area contributed by atoms with Crippen LogP contribution in [0, 0.1) is 0 Å². The van der Waals surface area contributed by atoms with Gasteiger partial charge in [0.2, 0.25) is 5.91 Å². The Labute approximate surface area is 123 Å². The summed E-state index contributed by atoms with van der Waals surface area (Å²) < 4.78 is 0.754. The normalized spacial score (nSPS) is 17.3. The molecule has 0 saturated heterocycles. The van der Waals surface area contributed by atoms with Crippen molar-refractivity contribution in [1.82, 2.24) is 4.90 Å². The molecule has 0 aromatic carbocycles. The van der Waals surface area contributed by atoms with Crippen molar-refractivity contribution in [3.63, 3.8) is 0 Å². The lowest BCUT2D eigenvalue weighted by Crippen LogP contribution is -2.52. The largest absolute Gasteiger partial charge is 0.339 e. The number of rotatable bonds is 3. The molecule has 18 heavy (non-hydrogen) atoms. The van der Waals surface area contributed by atoms with E-state index in [1.807, 2.05) is 19.2 Å². The van der Waals surface area contributed by atoms with Crippen LogP contribution in [0.4, 0.5) is 0 Å². The molecule has 1 saturated carbocycles. The highest BCUT2D eigenvalue weighted by Gasteiger charge is 2.38. The van der Waals surface area contributed by atoms with Gasteiger partial charge in [0.05, 0.1) is 16.4 Å². The first-order valence-corrected chi connectivity index (χ1v) is 6.99. The molecule has 1 heterocycles. The van der Waals surface area contributed by atoms with Crippen LogP contribution in [-0.2, 0) is 11.3 Å². The molecule has 2 N–H and O–H groups in total. The first-order chi connectivity index (χ1) is 8.01. The van der Waals surface area contributed by atoms with E-state index in [0.717, 1.165) is 34.9 Å². The van der Waals surface area contributed by atoms with Crippen LogP contribution < -0.4 is 5.73 Å². The lowest BCUT2D eigenvalue weighted by Gasteiger charge is -2.28. The average molecular weight is 309 g/mol. The molecule has 1 aliphatic rings. The zero-order valence-corrected chi connectivity index (χ0v) is 12.7. The van der Waals surface area contributed by atoms with Crippen molar-refractivity contribution in [3.05, 3.63) is 21.3 Å². The van der Waals surface area contributed by atoms with E-state index in [1.54, 1.807) is 4.90 Å². The summed E-state index contributed by atoms with van der Waals surface area (Å²) in [6, 6.07) is 3.81. The van der Waals surface area contributed by atoms with Gasteiger partial charge in [-0.15, -0.1) is 23.7 Å². The predicted octanol–water partition coefficient (Wildman–Crippen LogP) is 3.05. The van der Waals surface area contributed by atoms with E-state index in [9.17, 15) is 4.79 Å². The van der Waals surface area contributed by atoms with Gasteiger partial charge in [-0.3, -0.25) is 4.79 Å². The van der Waals surface area contributed by atoms with Gasteiger partial charge >= 0.3 is 0 Å². The number of carbonyl (C=O) groups excluding carboxylic acids is 1. The van der Waals surface area contributed by atoms with Crippen LogP contribution in [-0.4, -0.2) is 23.4 Å². The van der Waals surface area contributed by atoms with Crippen molar-refractivity contribution in [2.75, 3.05) is 7.05 Å². The van der Waals surface area contributed by atoms with Gasteiger partial charge in [-0.25, -0.2) is 0 Å². The Morgan fingerprint density at radius 2 is 2.11 bits per heavy atom. The quantitative estimate of drug-likeness (QED) is 0.933. The van der Waals surface area contributed by atoms with E-state index in [2.05, 4.69) is 0 Å². The third-order valence-electron chi connectivity index (χ3n) is 3.29. The first-order valence-electron chi connectivity index (χ1n) is 5.80. The summed E-state index contributed by atoms with van der Waals surface area (Å²) in [5, 5.41) is 0. The van der Waals surface area contributed by atoms with E-state index in [0.29, 0.717) is 6.54 Å². The topological polar surface area (TPSA) is 46.3 Å². The molecule has 1 fully saturated rings. The molecular weight excluding hydrogens is 291 g/mol. The second-order valence-corrected chi connectivity index (χ2v) is 6.53. The standard InChI is InChI=1S/C12H17ClN2OS.ClH/c1-15(8-9-4-5-10(13)17-9)11(16)12(14)6-2-3-7-12;/h4-5H,2-3,6-8,14H2,1H3;1H. The van der Waals surface area contributed by atoms with Crippen LogP contribution in [0.2, 0.25) is 4.34 Å². The van der Waals surface area contributed by atoms with Crippen molar-refractivity contribution in [1.29, 1.82) is 0 Å². The summed E-state index contributed by atoms with van der Waals surface area (Å²) in [5.74, 6) is 0.0551. The summed E-state index contributed by atoms with van der Waals surface area (Å²) in [6.07, 6.45) is 3.73. The van der Waals surface area contributed by atoms with Crippen molar-refractivity contribution >= 4 is 41.3 Å². The van der Waals surface area contributed by atoms with Crippen LogP contribution in [0.3, 0.4) is 0 Å². The Morgan fingerprint density at radius 3 is 2.61 bits per heavy atom. The summed E-state index contributed by atoms with van der Waals surface area (Å²) in [5.41, 5.74) is 5.52. The fourth-order valence-electron chi connectivity index (χ4n) is 2.34. The van der Waals surface area contributed by atoms with E-state index >= 15 is 0 Å². The van der Waals surface area contributed by atoms with E-state index in [-0.39, 0.29) is 18.3 Å². The number of likely N-dealkylation sites (N-methyl/N-ethyl adjacent to an activating group) is 1. The minimum atomic E-state index is -0.629. The molecule has 2 rings (SSSR count). The highest BCUT2D eigenvalue weighted by molar-refractivity contribution is 7.16. The molecular formula is C12H18Cl2N2OS. The zero-order chi connectivity index (χ0) is 12.5. The molecule has 0 radical (unpaired) electrons. The van der Waals surface area contributed by atoms with Crippen molar-refractivity contribution in [2.45, 2.75) is 37.8 Å². The third-order valence-corrected chi connectivity index (χ3v) is 4.51. The highest BCUT2D eigenvalue weighted by atomic mass is 35.5. The van der Waals surface area contributed by atoms with Crippen LogP contribution in [0.15, 0.2) is 12.1 Å². The summed E-state index contributed by atoms with van der Waals surface area (Å²) >= 11 is 7.37. The van der Waals surface area contributed by atoms with Gasteiger partial charge in [0.1, 0.15) is 0 Å². The van der Waals surface area contributed by atoms with E-state index in [1.165, 1.54) is 11.3 Å². The Bertz CT molecular complexity index is 416. The van der Waals surface area contributed by atoms with Crippen molar-refractivity contribution in [2.24, 2.45) is 5.73 Å². The van der Waals surface area contributed by atoms with Crippen molar-refractivity contribution < 1.29 is 4.79 Å². The number of thiophene rings is 1. The van der Waals surface area contributed by atoms with E-state index in [4.69, 9.17) is 17.3 Å². The number of nitrogens with two attached hydrogens (primary N) is 1. The zero-order valence-electron chi connectivity index (χ0n) is 10.3. The van der Waals surface area contributed by atoms with Gasteiger partial charge in [-0.1, -0.05) is 24.4 Å². The van der Waals surface area contributed by atoms with Gasteiger partial charge in [0.25, 0.3) is 0 Å². The lowest BCUT2D eigenvalue weighted by molar-refractivity contribution is -0.136. The predicted molar refractivity (Wildman–Crippen MR) is 78.4 cm³/mol. The molecule has 102 valence electrons. The number of nitrogens with zero attached hydrogens (tertiary/aromatic N) is 1. The first kappa shape index (κ1) is 15.8. The van der Waals surface area contributed by atoms with Crippen molar-refractivity contribution in [3.8, 4) is 0 Å². The molecule has 6 heteroatoms. The number of hydrogen-bond acceptors (Lipinski definition) is 3. The molecule has 0 atom stereocenters. The molecule has 1 amide bonds. The van der Waals surface area contributed by atoms with Crippen LogP contribution in [0.5, 0.6) is 0 Å². The fraction of sp³-hybridized carbons (Fsp3) is 0.583. The average Bonchev–Trinajstić information content (AvgIpc) is 2.88. The summed E-state index contributed by atoms with van der Waals surface area (Å²) in [4.78, 5) is 15.1. The Balaban J connectivity index is 0.00000162. The second kappa shape index (κ2) is 6.24. The minimum absolute atomic E-state index is 0. The summed E-state index contributed by atoms with van der Waals surface area (Å²) in [6.45, 7) is 0.592. The number of hydrogen-bond donors (Lipinski definition) is 1. The Morgan fingerprint density at radius 1 is 1.50 bits per heavy atom. The molecule has 0 spiro atoms. The summed E-state index contributed by atoms with van der Waals surface area (Å²) in [7, 11) is 1.81. The maximum atomic E-state index is 12.3. The van der Waals surface area contributed by atoms with E-state index < -0.39 is 5.54 Å². The number of amides is 1. The molecule has 0 bridgehead atoms. The van der Waals surface area contributed by atoms with Crippen LogP contribution in [0.25, 0.3) is 0 Å². The molecule has 0 aliphatic heterocycles. The SMILES string of the molecule is CN(Cc1ccc(Cl)s1)C(=O)C1(N)CCCC1.Cl. The monoisotopic (exact) mass is 308 g/mol.